The number of nitrogens with zero attached hydrogens (tertiary/aromatic N) is 2. The summed E-state index contributed by atoms with van der Waals surface area (Å²) < 4.78 is 2.16. The van der Waals surface area contributed by atoms with Crippen molar-refractivity contribution in [3.05, 3.63) is 34.3 Å². The standard InChI is InChI=1S/C11H15N3S/c1-3-12-11-13-9(2)7-14(11)8-10-5-4-6-15-10/h4-7H,3,8H2,1-2H3,(H,12,13). The molecule has 0 aliphatic carbocycles. The molecule has 0 aromatic carbocycles. The van der Waals surface area contributed by atoms with Gasteiger partial charge in [-0.15, -0.1) is 11.3 Å². The van der Waals surface area contributed by atoms with E-state index in [0.717, 1.165) is 24.7 Å². The predicted octanol–water partition coefficient (Wildman–Crippen LogP) is 2.73. The van der Waals surface area contributed by atoms with Gasteiger partial charge in [-0.2, -0.15) is 0 Å². The van der Waals surface area contributed by atoms with E-state index in [9.17, 15) is 0 Å². The predicted molar refractivity (Wildman–Crippen MR) is 64.5 cm³/mol. The van der Waals surface area contributed by atoms with Gasteiger partial charge in [-0.1, -0.05) is 6.07 Å². The van der Waals surface area contributed by atoms with Crippen molar-refractivity contribution in [2.45, 2.75) is 20.4 Å². The van der Waals surface area contributed by atoms with Crippen LogP contribution >= 0.6 is 11.3 Å². The van der Waals surface area contributed by atoms with Gasteiger partial charge in [-0.3, -0.25) is 0 Å². The van der Waals surface area contributed by atoms with Crippen LogP contribution in [0.25, 0.3) is 0 Å². The van der Waals surface area contributed by atoms with Gasteiger partial charge < -0.3 is 9.88 Å². The Hall–Kier alpha value is -1.29. The van der Waals surface area contributed by atoms with Gasteiger partial charge in [0.05, 0.1) is 12.2 Å². The van der Waals surface area contributed by atoms with Gasteiger partial charge in [-0.05, 0) is 25.3 Å². The molecule has 0 aliphatic rings. The zero-order valence-electron chi connectivity index (χ0n) is 9.03. The number of imidazole rings is 1. The summed E-state index contributed by atoms with van der Waals surface area (Å²) in [5.74, 6) is 0.961. The first kappa shape index (κ1) is 10.2. The van der Waals surface area contributed by atoms with E-state index in [0.29, 0.717) is 0 Å². The van der Waals surface area contributed by atoms with Crippen molar-refractivity contribution in [3.8, 4) is 0 Å². The summed E-state index contributed by atoms with van der Waals surface area (Å²) in [6, 6.07) is 4.23. The number of hydrogen-bond donors (Lipinski definition) is 1. The van der Waals surface area contributed by atoms with Gasteiger partial charge in [0, 0.05) is 17.6 Å². The SMILES string of the molecule is CCNc1nc(C)cn1Cc1cccs1. The average Bonchev–Trinajstić information content (AvgIpc) is 2.78. The van der Waals surface area contributed by atoms with Gasteiger partial charge >= 0.3 is 0 Å². The summed E-state index contributed by atoms with van der Waals surface area (Å²) in [5.41, 5.74) is 1.06. The molecular formula is C11H15N3S. The van der Waals surface area contributed by atoms with Crippen molar-refractivity contribution in [2.75, 3.05) is 11.9 Å². The number of nitrogens with one attached hydrogen (secondary N) is 1. The van der Waals surface area contributed by atoms with Crippen LogP contribution in [0.4, 0.5) is 5.95 Å². The van der Waals surface area contributed by atoms with E-state index in [1.54, 1.807) is 11.3 Å². The normalized spacial score (nSPS) is 10.5. The first-order valence-corrected chi connectivity index (χ1v) is 5.97. The fourth-order valence-corrected chi connectivity index (χ4v) is 2.24. The van der Waals surface area contributed by atoms with Crippen LogP contribution in [0.2, 0.25) is 0 Å². The summed E-state index contributed by atoms with van der Waals surface area (Å²) in [6.07, 6.45) is 2.08. The number of aromatic nitrogens is 2. The Morgan fingerprint density at radius 2 is 2.40 bits per heavy atom. The molecule has 0 radical (unpaired) electrons. The summed E-state index contributed by atoms with van der Waals surface area (Å²) in [7, 11) is 0. The van der Waals surface area contributed by atoms with E-state index in [-0.39, 0.29) is 0 Å². The van der Waals surface area contributed by atoms with Crippen molar-refractivity contribution < 1.29 is 0 Å². The minimum Gasteiger partial charge on any atom is -0.356 e. The Labute approximate surface area is 93.8 Å². The quantitative estimate of drug-likeness (QED) is 0.860. The largest absolute Gasteiger partial charge is 0.356 e. The Bertz CT molecular complexity index is 417. The van der Waals surface area contributed by atoms with Gasteiger partial charge in [-0.25, -0.2) is 4.98 Å². The molecule has 80 valence electrons. The summed E-state index contributed by atoms with van der Waals surface area (Å²) >= 11 is 1.78. The maximum Gasteiger partial charge on any atom is 0.203 e. The third-order valence-electron chi connectivity index (χ3n) is 2.14. The number of hydrogen-bond acceptors (Lipinski definition) is 3. The summed E-state index contributed by atoms with van der Waals surface area (Å²) in [4.78, 5) is 5.79. The van der Waals surface area contributed by atoms with E-state index < -0.39 is 0 Å². The minimum absolute atomic E-state index is 0.904. The highest BCUT2D eigenvalue weighted by Crippen LogP contribution is 2.15. The number of rotatable bonds is 4. The van der Waals surface area contributed by atoms with Gasteiger partial charge in [0.1, 0.15) is 0 Å². The molecule has 0 aliphatic heterocycles. The molecule has 0 atom stereocenters. The van der Waals surface area contributed by atoms with Crippen LogP contribution in [-0.4, -0.2) is 16.1 Å². The molecule has 2 aromatic rings. The topological polar surface area (TPSA) is 29.9 Å². The molecule has 0 spiro atoms. The molecular weight excluding hydrogens is 206 g/mol. The monoisotopic (exact) mass is 221 g/mol. The fourth-order valence-electron chi connectivity index (χ4n) is 1.54. The first-order valence-electron chi connectivity index (χ1n) is 5.09. The third-order valence-corrected chi connectivity index (χ3v) is 3.00. The molecule has 3 nitrogen and oxygen atoms in total. The summed E-state index contributed by atoms with van der Waals surface area (Å²) in [6.45, 7) is 5.91. The molecule has 2 rings (SSSR count). The molecule has 1 N–H and O–H groups in total. The Balaban J connectivity index is 2.19. The molecule has 15 heavy (non-hydrogen) atoms. The maximum atomic E-state index is 4.44. The number of thiophene rings is 1. The molecule has 4 heteroatoms. The lowest BCUT2D eigenvalue weighted by molar-refractivity contribution is 0.811. The van der Waals surface area contributed by atoms with Gasteiger partial charge in [0.2, 0.25) is 5.95 Å². The van der Waals surface area contributed by atoms with E-state index in [2.05, 4.69) is 45.5 Å². The minimum atomic E-state index is 0.904. The Kier molecular flexibility index (Phi) is 3.06. The second kappa shape index (κ2) is 4.49. The van der Waals surface area contributed by atoms with Crippen molar-refractivity contribution in [2.24, 2.45) is 0 Å². The van der Waals surface area contributed by atoms with Crippen LogP contribution in [0, 0.1) is 6.92 Å². The molecule has 0 saturated heterocycles. The lowest BCUT2D eigenvalue weighted by Gasteiger charge is -2.06. The summed E-state index contributed by atoms with van der Waals surface area (Å²) in [5, 5.41) is 5.37. The molecule has 0 bridgehead atoms. The lowest BCUT2D eigenvalue weighted by atomic mass is 10.4. The molecule has 0 amide bonds. The fraction of sp³-hybridized carbons (Fsp3) is 0.364. The molecule has 0 fully saturated rings. The van der Waals surface area contributed by atoms with E-state index in [1.165, 1.54) is 4.88 Å². The van der Waals surface area contributed by atoms with E-state index >= 15 is 0 Å². The zero-order valence-corrected chi connectivity index (χ0v) is 9.84. The van der Waals surface area contributed by atoms with Crippen molar-refractivity contribution in [1.82, 2.24) is 9.55 Å². The van der Waals surface area contributed by atoms with Crippen LogP contribution < -0.4 is 5.32 Å². The maximum absolute atomic E-state index is 4.44. The van der Waals surface area contributed by atoms with Crippen molar-refractivity contribution in [3.63, 3.8) is 0 Å². The number of anilines is 1. The lowest BCUT2D eigenvalue weighted by Crippen LogP contribution is -2.06. The highest BCUT2D eigenvalue weighted by Gasteiger charge is 2.05. The Morgan fingerprint density at radius 3 is 3.07 bits per heavy atom. The van der Waals surface area contributed by atoms with Crippen LogP contribution in [0.3, 0.4) is 0 Å². The first-order chi connectivity index (χ1) is 7.29. The molecule has 2 aromatic heterocycles. The van der Waals surface area contributed by atoms with Crippen LogP contribution in [-0.2, 0) is 6.54 Å². The van der Waals surface area contributed by atoms with Crippen molar-refractivity contribution in [1.29, 1.82) is 0 Å². The molecule has 2 heterocycles. The number of aryl methyl sites for hydroxylation is 1. The van der Waals surface area contributed by atoms with Crippen molar-refractivity contribution >= 4 is 17.3 Å². The molecule has 0 unspecified atom stereocenters. The average molecular weight is 221 g/mol. The highest BCUT2D eigenvalue weighted by atomic mass is 32.1. The third kappa shape index (κ3) is 2.39. The zero-order chi connectivity index (χ0) is 10.7. The highest BCUT2D eigenvalue weighted by molar-refractivity contribution is 7.09. The second-order valence-electron chi connectivity index (χ2n) is 3.44. The Morgan fingerprint density at radius 1 is 1.53 bits per heavy atom. The van der Waals surface area contributed by atoms with Gasteiger partial charge in [0.15, 0.2) is 0 Å². The van der Waals surface area contributed by atoms with Crippen LogP contribution in [0.5, 0.6) is 0 Å². The van der Waals surface area contributed by atoms with Crippen LogP contribution in [0.15, 0.2) is 23.7 Å². The second-order valence-corrected chi connectivity index (χ2v) is 4.48. The van der Waals surface area contributed by atoms with E-state index in [1.807, 2.05) is 6.92 Å². The van der Waals surface area contributed by atoms with Crippen LogP contribution in [0.1, 0.15) is 17.5 Å². The smallest absolute Gasteiger partial charge is 0.203 e. The van der Waals surface area contributed by atoms with Gasteiger partial charge in [0.25, 0.3) is 0 Å². The van der Waals surface area contributed by atoms with E-state index in [4.69, 9.17) is 0 Å². The molecule has 0 saturated carbocycles.